The van der Waals surface area contributed by atoms with E-state index in [9.17, 15) is 0 Å². The summed E-state index contributed by atoms with van der Waals surface area (Å²) in [4.78, 5) is 23.7. The van der Waals surface area contributed by atoms with Gasteiger partial charge in [0.1, 0.15) is 0 Å². The Hall–Kier alpha value is -3.48. The lowest BCUT2D eigenvalue weighted by Crippen LogP contribution is -2.36. The van der Waals surface area contributed by atoms with Crippen LogP contribution in [0.3, 0.4) is 0 Å². The molecule has 0 fully saturated rings. The Morgan fingerprint density at radius 3 is 0.946 bits per heavy atom. The lowest BCUT2D eigenvalue weighted by molar-refractivity contribution is 0.111. The van der Waals surface area contributed by atoms with Crippen LogP contribution in [0.5, 0.6) is 0 Å². The molecule has 192 valence electrons. The molecule has 0 amide bonds. The second-order valence-corrected chi connectivity index (χ2v) is 9.55. The van der Waals surface area contributed by atoms with Crippen LogP contribution < -0.4 is 0 Å². The third-order valence-electron chi connectivity index (χ3n) is 7.29. The molecule has 0 radical (unpaired) electrons. The van der Waals surface area contributed by atoms with Crippen molar-refractivity contribution in [2.75, 3.05) is 13.1 Å². The Bertz CT molecular complexity index is 988. The van der Waals surface area contributed by atoms with Crippen LogP contribution in [0.4, 0.5) is 0 Å². The molecule has 0 aliphatic heterocycles. The maximum Gasteiger partial charge on any atom is 0.0572 e. The molecule has 6 heteroatoms. The summed E-state index contributed by atoms with van der Waals surface area (Å²) in [6.07, 6.45) is 8.49. The van der Waals surface area contributed by atoms with Crippen molar-refractivity contribution in [3.05, 3.63) is 120 Å². The van der Waals surface area contributed by atoms with Gasteiger partial charge < -0.3 is 0 Å². The first kappa shape index (κ1) is 26.6. The van der Waals surface area contributed by atoms with Crippen LogP contribution in [0.2, 0.25) is 0 Å². The van der Waals surface area contributed by atoms with Crippen LogP contribution in [-0.4, -0.2) is 42.8 Å². The number of aromatic nitrogens is 4. The monoisotopic (exact) mass is 494 g/mol. The molecule has 0 aliphatic rings. The summed E-state index contributed by atoms with van der Waals surface area (Å²) in [5.41, 5.74) is 4.30. The Labute approximate surface area is 221 Å². The van der Waals surface area contributed by atoms with Crippen LogP contribution >= 0.6 is 0 Å². The van der Waals surface area contributed by atoms with Crippen molar-refractivity contribution in [2.24, 2.45) is 0 Å². The SMILES string of the molecule is CC(c1ccccn1)N(CCCN(C(C)c1ccccn1)C(C)c1ccccn1)C(C)c1ccccn1. The van der Waals surface area contributed by atoms with E-state index in [0.717, 1.165) is 42.3 Å². The molecule has 4 unspecified atom stereocenters. The summed E-state index contributed by atoms with van der Waals surface area (Å²) < 4.78 is 0. The van der Waals surface area contributed by atoms with Crippen molar-refractivity contribution >= 4 is 0 Å². The fraction of sp³-hybridized carbons (Fsp3) is 0.355. The Morgan fingerprint density at radius 1 is 0.459 bits per heavy atom. The van der Waals surface area contributed by atoms with Gasteiger partial charge in [-0.25, -0.2) is 0 Å². The molecule has 0 aliphatic carbocycles. The summed E-state index contributed by atoms with van der Waals surface area (Å²) in [6.45, 7) is 10.8. The standard InChI is InChI=1S/C31H38N6/c1-24(28-14-5-9-18-32-28)36(25(2)29-15-6-10-19-33-29)22-13-23-37(26(3)30-16-7-11-20-34-30)27(4)31-17-8-12-21-35-31/h5-12,14-21,24-27H,13,22-23H2,1-4H3. The predicted octanol–water partition coefficient (Wildman–Crippen LogP) is 6.61. The van der Waals surface area contributed by atoms with Gasteiger partial charge >= 0.3 is 0 Å². The van der Waals surface area contributed by atoms with E-state index >= 15 is 0 Å². The van der Waals surface area contributed by atoms with Gasteiger partial charge in [0.15, 0.2) is 0 Å². The van der Waals surface area contributed by atoms with E-state index < -0.39 is 0 Å². The largest absolute Gasteiger partial charge is 0.287 e. The minimum absolute atomic E-state index is 0.160. The third kappa shape index (κ3) is 6.85. The molecule has 0 N–H and O–H groups in total. The highest BCUT2D eigenvalue weighted by Gasteiger charge is 2.27. The van der Waals surface area contributed by atoms with Crippen LogP contribution in [0.15, 0.2) is 97.6 Å². The minimum atomic E-state index is 0.160. The molecule has 4 heterocycles. The molecule has 6 nitrogen and oxygen atoms in total. The predicted molar refractivity (Wildman–Crippen MR) is 149 cm³/mol. The molecular weight excluding hydrogens is 456 g/mol. The van der Waals surface area contributed by atoms with Crippen LogP contribution in [0.1, 0.15) is 81.1 Å². The number of nitrogens with zero attached hydrogens (tertiary/aromatic N) is 6. The van der Waals surface area contributed by atoms with Crippen LogP contribution in [0.25, 0.3) is 0 Å². The molecule has 4 aromatic rings. The molecule has 37 heavy (non-hydrogen) atoms. The lowest BCUT2D eigenvalue weighted by atomic mass is 10.1. The van der Waals surface area contributed by atoms with Crippen molar-refractivity contribution < 1.29 is 0 Å². The molecule has 4 aromatic heterocycles. The van der Waals surface area contributed by atoms with Crippen molar-refractivity contribution in [3.63, 3.8) is 0 Å². The number of hydrogen-bond acceptors (Lipinski definition) is 6. The van der Waals surface area contributed by atoms with E-state index in [1.807, 2.05) is 49.1 Å². The maximum atomic E-state index is 4.67. The molecule has 0 saturated heterocycles. The van der Waals surface area contributed by atoms with Crippen LogP contribution in [0, 0.1) is 0 Å². The number of pyridine rings is 4. The van der Waals surface area contributed by atoms with Crippen molar-refractivity contribution in [3.8, 4) is 0 Å². The minimum Gasteiger partial charge on any atom is -0.287 e. The molecule has 0 spiro atoms. The average Bonchev–Trinajstić information content (AvgIpc) is 2.98. The highest BCUT2D eigenvalue weighted by molar-refractivity contribution is 5.14. The third-order valence-corrected chi connectivity index (χ3v) is 7.29. The number of hydrogen-bond donors (Lipinski definition) is 0. The van der Waals surface area contributed by atoms with E-state index in [2.05, 4.69) is 106 Å². The van der Waals surface area contributed by atoms with E-state index in [4.69, 9.17) is 0 Å². The van der Waals surface area contributed by atoms with Gasteiger partial charge in [-0.2, -0.15) is 0 Å². The summed E-state index contributed by atoms with van der Waals surface area (Å²) in [7, 11) is 0. The zero-order valence-electron chi connectivity index (χ0n) is 22.4. The van der Waals surface area contributed by atoms with Gasteiger partial charge in [0.2, 0.25) is 0 Å². The zero-order valence-corrected chi connectivity index (χ0v) is 22.4. The van der Waals surface area contributed by atoms with Crippen molar-refractivity contribution in [1.29, 1.82) is 0 Å². The van der Waals surface area contributed by atoms with Crippen molar-refractivity contribution in [1.82, 2.24) is 29.7 Å². The summed E-state index contributed by atoms with van der Waals surface area (Å²) in [5.74, 6) is 0. The van der Waals surface area contributed by atoms with Gasteiger partial charge in [-0.05, 0) is 82.6 Å². The number of rotatable bonds is 12. The van der Waals surface area contributed by atoms with Gasteiger partial charge in [0.25, 0.3) is 0 Å². The lowest BCUT2D eigenvalue weighted by Gasteiger charge is -2.37. The molecule has 0 aromatic carbocycles. The Kier molecular flexibility index (Phi) is 9.46. The second kappa shape index (κ2) is 13.2. The van der Waals surface area contributed by atoms with Gasteiger partial charge in [-0.1, -0.05) is 24.3 Å². The van der Waals surface area contributed by atoms with E-state index in [1.165, 1.54) is 0 Å². The highest BCUT2D eigenvalue weighted by Crippen LogP contribution is 2.31. The first-order valence-electron chi connectivity index (χ1n) is 13.2. The molecule has 4 atom stereocenters. The van der Waals surface area contributed by atoms with E-state index in [0.29, 0.717) is 0 Å². The zero-order chi connectivity index (χ0) is 26.0. The van der Waals surface area contributed by atoms with E-state index in [-0.39, 0.29) is 24.2 Å². The quantitative estimate of drug-likeness (QED) is 0.221. The fourth-order valence-electron chi connectivity index (χ4n) is 5.05. The Morgan fingerprint density at radius 2 is 0.730 bits per heavy atom. The molecule has 4 rings (SSSR count). The van der Waals surface area contributed by atoms with Crippen molar-refractivity contribution in [2.45, 2.75) is 58.3 Å². The van der Waals surface area contributed by atoms with Gasteiger partial charge in [-0.15, -0.1) is 0 Å². The van der Waals surface area contributed by atoms with E-state index in [1.54, 1.807) is 0 Å². The molecular formula is C31H38N6. The first-order chi connectivity index (χ1) is 18.1. The normalized spacial score (nSPS) is 14.9. The fourth-order valence-corrected chi connectivity index (χ4v) is 5.05. The summed E-state index contributed by atoms with van der Waals surface area (Å²) >= 11 is 0. The summed E-state index contributed by atoms with van der Waals surface area (Å²) in [6, 6.07) is 25.2. The van der Waals surface area contributed by atoms with Gasteiger partial charge in [-0.3, -0.25) is 29.7 Å². The Balaban J connectivity index is 1.55. The summed E-state index contributed by atoms with van der Waals surface area (Å²) in [5, 5.41) is 0. The second-order valence-electron chi connectivity index (χ2n) is 9.55. The van der Waals surface area contributed by atoms with Gasteiger partial charge in [0.05, 0.1) is 22.8 Å². The molecule has 0 saturated carbocycles. The highest BCUT2D eigenvalue weighted by atomic mass is 15.2. The average molecular weight is 495 g/mol. The maximum absolute atomic E-state index is 4.67. The molecule has 0 bridgehead atoms. The first-order valence-corrected chi connectivity index (χ1v) is 13.2. The van der Waals surface area contributed by atoms with Crippen LogP contribution in [-0.2, 0) is 0 Å². The van der Waals surface area contributed by atoms with Gasteiger partial charge in [0, 0.05) is 62.0 Å². The smallest absolute Gasteiger partial charge is 0.0572 e. The topological polar surface area (TPSA) is 58.0 Å².